The highest BCUT2D eigenvalue weighted by Crippen LogP contribution is 2.15. The average Bonchev–Trinajstić information content (AvgIpc) is 2.26. The van der Waals surface area contributed by atoms with Crippen molar-refractivity contribution in [2.24, 2.45) is 0 Å². The van der Waals surface area contributed by atoms with Gasteiger partial charge in [0.2, 0.25) is 0 Å². The lowest BCUT2D eigenvalue weighted by molar-refractivity contribution is 0.199. The van der Waals surface area contributed by atoms with E-state index in [2.05, 4.69) is 17.1 Å². The van der Waals surface area contributed by atoms with Crippen LogP contribution in [0, 0.1) is 17.5 Å². The van der Waals surface area contributed by atoms with Crippen molar-refractivity contribution < 1.29 is 13.2 Å². The van der Waals surface area contributed by atoms with Crippen LogP contribution >= 0.6 is 12.4 Å². The van der Waals surface area contributed by atoms with Gasteiger partial charge in [-0.05, 0) is 24.6 Å². The van der Waals surface area contributed by atoms with Gasteiger partial charge in [-0.25, -0.2) is 13.2 Å². The minimum Gasteiger partial charge on any atom is -0.312 e. The zero-order valence-corrected chi connectivity index (χ0v) is 10.9. The van der Waals surface area contributed by atoms with Crippen LogP contribution < -0.4 is 5.32 Å². The molecule has 0 bridgehead atoms. The molecule has 1 heterocycles. The first kappa shape index (κ1) is 15.3. The molecule has 1 aliphatic rings. The zero-order chi connectivity index (χ0) is 12.4. The maximum Gasteiger partial charge on any atom is 0.194 e. The summed E-state index contributed by atoms with van der Waals surface area (Å²) in [6.45, 7) is 5.00. The molecule has 1 fully saturated rings. The van der Waals surface area contributed by atoms with E-state index in [0.29, 0.717) is 18.2 Å². The molecule has 1 N–H and O–H groups in total. The van der Waals surface area contributed by atoms with Gasteiger partial charge in [0.1, 0.15) is 0 Å². The maximum absolute atomic E-state index is 13.0. The van der Waals surface area contributed by atoms with Crippen LogP contribution in [0.2, 0.25) is 0 Å². The van der Waals surface area contributed by atoms with Crippen molar-refractivity contribution in [3.63, 3.8) is 0 Å². The molecule has 0 aromatic heterocycles. The molecule has 2 nitrogen and oxygen atoms in total. The van der Waals surface area contributed by atoms with E-state index in [4.69, 9.17) is 0 Å². The second kappa shape index (κ2) is 6.41. The van der Waals surface area contributed by atoms with Crippen molar-refractivity contribution in [3.05, 3.63) is 35.1 Å². The molecular formula is C12H16ClF3N2. The monoisotopic (exact) mass is 280 g/mol. The lowest BCUT2D eigenvalue weighted by Gasteiger charge is -2.31. The Morgan fingerprint density at radius 1 is 1.28 bits per heavy atom. The minimum absolute atomic E-state index is 0. The molecule has 0 spiro atoms. The highest BCUT2D eigenvalue weighted by molar-refractivity contribution is 5.85. The van der Waals surface area contributed by atoms with Gasteiger partial charge in [-0.3, -0.25) is 4.90 Å². The summed E-state index contributed by atoms with van der Waals surface area (Å²) < 4.78 is 38.8. The third-order valence-corrected chi connectivity index (χ3v) is 2.90. The van der Waals surface area contributed by atoms with Gasteiger partial charge in [0.15, 0.2) is 17.5 Å². The zero-order valence-electron chi connectivity index (χ0n) is 10.0. The first-order valence-electron chi connectivity index (χ1n) is 5.65. The summed E-state index contributed by atoms with van der Waals surface area (Å²) in [5, 5.41) is 3.28. The lowest BCUT2D eigenvalue weighted by atomic mass is 10.1. The van der Waals surface area contributed by atoms with Crippen LogP contribution in [-0.4, -0.2) is 30.6 Å². The molecule has 0 aliphatic carbocycles. The highest BCUT2D eigenvalue weighted by atomic mass is 35.5. The van der Waals surface area contributed by atoms with E-state index in [0.717, 1.165) is 31.8 Å². The third-order valence-electron chi connectivity index (χ3n) is 2.90. The van der Waals surface area contributed by atoms with Crippen LogP contribution in [0.15, 0.2) is 12.1 Å². The van der Waals surface area contributed by atoms with Gasteiger partial charge in [-0.2, -0.15) is 0 Å². The van der Waals surface area contributed by atoms with E-state index in [9.17, 15) is 13.2 Å². The summed E-state index contributed by atoms with van der Waals surface area (Å²) in [6.07, 6.45) is 0. The van der Waals surface area contributed by atoms with Gasteiger partial charge in [0.05, 0.1) is 0 Å². The summed E-state index contributed by atoms with van der Waals surface area (Å²) in [5.41, 5.74) is 0.468. The number of halogens is 4. The Kier molecular flexibility index (Phi) is 5.44. The summed E-state index contributed by atoms with van der Waals surface area (Å²) in [6, 6.07) is 2.48. The molecule has 1 aliphatic heterocycles. The fraction of sp³-hybridized carbons (Fsp3) is 0.500. The Labute approximate surface area is 111 Å². The SMILES string of the molecule is C[C@@H]1CN(Cc2cc(F)c(F)c(F)c2)CCN1.Cl. The van der Waals surface area contributed by atoms with Crippen molar-refractivity contribution in [2.45, 2.75) is 19.5 Å². The van der Waals surface area contributed by atoms with E-state index in [1.807, 2.05) is 0 Å². The quantitative estimate of drug-likeness (QED) is 0.837. The van der Waals surface area contributed by atoms with E-state index in [1.54, 1.807) is 0 Å². The number of nitrogens with one attached hydrogen (secondary N) is 1. The third kappa shape index (κ3) is 3.60. The standard InChI is InChI=1S/C12H15F3N2.ClH/c1-8-6-17(3-2-16-8)7-9-4-10(13)12(15)11(14)5-9;/h4-5,8,16H,2-3,6-7H2,1H3;1H/t8-;/m1./s1. The van der Waals surface area contributed by atoms with Gasteiger partial charge < -0.3 is 5.32 Å². The topological polar surface area (TPSA) is 15.3 Å². The van der Waals surface area contributed by atoms with Crippen LogP contribution in [0.4, 0.5) is 13.2 Å². The molecule has 1 atom stereocenters. The van der Waals surface area contributed by atoms with E-state index >= 15 is 0 Å². The minimum atomic E-state index is -1.40. The summed E-state index contributed by atoms with van der Waals surface area (Å²) in [4.78, 5) is 2.09. The highest BCUT2D eigenvalue weighted by Gasteiger charge is 2.17. The molecule has 1 saturated heterocycles. The molecule has 1 aromatic rings. The van der Waals surface area contributed by atoms with Crippen molar-refractivity contribution >= 4 is 12.4 Å². The lowest BCUT2D eigenvalue weighted by Crippen LogP contribution is -2.48. The predicted octanol–water partition coefficient (Wildman–Crippen LogP) is 2.32. The van der Waals surface area contributed by atoms with E-state index in [1.165, 1.54) is 0 Å². The Morgan fingerprint density at radius 3 is 2.44 bits per heavy atom. The molecule has 18 heavy (non-hydrogen) atoms. The smallest absolute Gasteiger partial charge is 0.194 e. The largest absolute Gasteiger partial charge is 0.312 e. The Bertz CT molecular complexity index is 391. The number of piperazine rings is 1. The van der Waals surface area contributed by atoms with Gasteiger partial charge in [-0.15, -0.1) is 12.4 Å². The van der Waals surface area contributed by atoms with Crippen molar-refractivity contribution in [1.82, 2.24) is 10.2 Å². The number of rotatable bonds is 2. The van der Waals surface area contributed by atoms with Gasteiger partial charge >= 0.3 is 0 Å². The first-order chi connectivity index (χ1) is 8.06. The molecule has 0 saturated carbocycles. The summed E-state index contributed by atoms with van der Waals surface area (Å²) in [5.74, 6) is -3.64. The Morgan fingerprint density at radius 2 is 1.89 bits per heavy atom. The van der Waals surface area contributed by atoms with Crippen LogP contribution in [0.3, 0.4) is 0 Å². The van der Waals surface area contributed by atoms with Crippen LogP contribution in [-0.2, 0) is 6.54 Å². The summed E-state index contributed by atoms with van der Waals surface area (Å²) in [7, 11) is 0. The second-order valence-corrected chi connectivity index (χ2v) is 4.46. The molecule has 0 amide bonds. The average molecular weight is 281 g/mol. The van der Waals surface area contributed by atoms with Crippen LogP contribution in [0.5, 0.6) is 0 Å². The molecule has 2 rings (SSSR count). The number of nitrogens with zero attached hydrogens (tertiary/aromatic N) is 1. The molecule has 1 aromatic carbocycles. The van der Waals surface area contributed by atoms with E-state index < -0.39 is 17.5 Å². The summed E-state index contributed by atoms with van der Waals surface area (Å²) >= 11 is 0. The number of benzene rings is 1. The van der Waals surface area contributed by atoms with Gasteiger partial charge in [0.25, 0.3) is 0 Å². The first-order valence-corrected chi connectivity index (χ1v) is 5.65. The second-order valence-electron chi connectivity index (χ2n) is 4.46. The fourth-order valence-corrected chi connectivity index (χ4v) is 2.11. The molecular weight excluding hydrogens is 265 g/mol. The van der Waals surface area contributed by atoms with E-state index in [-0.39, 0.29) is 12.4 Å². The Hall–Kier alpha value is -0.780. The van der Waals surface area contributed by atoms with Crippen molar-refractivity contribution in [3.8, 4) is 0 Å². The molecule has 6 heteroatoms. The number of hydrogen-bond donors (Lipinski definition) is 1. The fourth-order valence-electron chi connectivity index (χ4n) is 2.11. The normalized spacial score (nSPS) is 20.6. The Balaban J connectivity index is 0.00000162. The number of hydrogen-bond acceptors (Lipinski definition) is 2. The van der Waals surface area contributed by atoms with Gasteiger partial charge in [-0.1, -0.05) is 0 Å². The molecule has 102 valence electrons. The van der Waals surface area contributed by atoms with Crippen LogP contribution in [0.25, 0.3) is 0 Å². The van der Waals surface area contributed by atoms with Gasteiger partial charge in [0, 0.05) is 32.2 Å². The van der Waals surface area contributed by atoms with Crippen molar-refractivity contribution in [1.29, 1.82) is 0 Å². The maximum atomic E-state index is 13.0. The van der Waals surface area contributed by atoms with Crippen LogP contribution in [0.1, 0.15) is 12.5 Å². The van der Waals surface area contributed by atoms with Crippen molar-refractivity contribution in [2.75, 3.05) is 19.6 Å². The predicted molar refractivity (Wildman–Crippen MR) is 66.3 cm³/mol. The molecule has 0 radical (unpaired) electrons. The molecule has 0 unspecified atom stereocenters.